The Hall–Kier alpha value is -3.87. The van der Waals surface area contributed by atoms with Gasteiger partial charge < -0.3 is 30.7 Å². The molecular formula is C28H29F10N7O2. The standard InChI is InChI=1S/C28H29F10N7O2/c1-12-17(28(36,37)38)13(8-14(39)18(12)29)20-19(30)21-16-22(41-7-6-40-5-4-15(27(33,34)35)47-23(16)42-20)44-24(43-21)46-11-25(10-45(2)3)9-26(25,31)32/h8,15,40H,4-7,9-11,39H2,1-3H3,(H,41,43,44). The Morgan fingerprint density at radius 1 is 1.04 bits per heavy atom. The molecule has 0 spiro atoms. The maximum atomic E-state index is 16.4. The number of hydrogen-bond acceptors (Lipinski definition) is 9. The molecule has 19 heteroatoms. The molecule has 0 amide bonds. The molecule has 3 aromatic rings. The van der Waals surface area contributed by atoms with Crippen molar-refractivity contribution in [3.8, 4) is 23.1 Å². The molecule has 0 radical (unpaired) electrons. The Kier molecular flexibility index (Phi) is 8.78. The van der Waals surface area contributed by atoms with E-state index in [1.165, 1.54) is 4.90 Å². The first-order chi connectivity index (χ1) is 21.8. The molecule has 2 unspecified atom stereocenters. The van der Waals surface area contributed by atoms with Gasteiger partial charge in [0.1, 0.15) is 34.8 Å². The Labute approximate surface area is 260 Å². The van der Waals surface area contributed by atoms with Crippen molar-refractivity contribution < 1.29 is 53.4 Å². The third-order valence-electron chi connectivity index (χ3n) is 7.90. The summed E-state index contributed by atoms with van der Waals surface area (Å²) in [4.78, 5) is 13.2. The minimum Gasteiger partial charge on any atom is -0.464 e. The van der Waals surface area contributed by atoms with Gasteiger partial charge >= 0.3 is 18.4 Å². The first-order valence-electron chi connectivity index (χ1n) is 14.2. The van der Waals surface area contributed by atoms with Gasteiger partial charge in [0.05, 0.1) is 16.7 Å². The molecule has 0 bridgehead atoms. The lowest BCUT2D eigenvalue weighted by atomic mass is 9.96. The maximum absolute atomic E-state index is 16.4. The van der Waals surface area contributed by atoms with E-state index in [1.54, 1.807) is 14.1 Å². The van der Waals surface area contributed by atoms with Gasteiger partial charge in [0.25, 0.3) is 5.92 Å². The lowest BCUT2D eigenvalue weighted by Crippen LogP contribution is -2.37. The zero-order chi connectivity index (χ0) is 34.7. The molecule has 2 aromatic heterocycles. The van der Waals surface area contributed by atoms with Crippen LogP contribution in [0.2, 0.25) is 0 Å². The summed E-state index contributed by atoms with van der Waals surface area (Å²) in [5.41, 5.74) is -2.83. The Balaban J connectivity index is 1.77. The van der Waals surface area contributed by atoms with Crippen LogP contribution < -0.4 is 25.8 Å². The van der Waals surface area contributed by atoms with Crippen LogP contribution in [0, 0.1) is 24.0 Å². The number of alkyl halides is 8. The van der Waals surface area contributed by atoms with Crippen LogP contribution in [0.3, 0.4) is 0 Å². The van der Waals surface area contributed by atoms with Crippen LogP contribution in [0.1, 0.15) is 24.0 Å². The van der Waals surface area contributed by atoms with E-state index in [0.717, 1.165) is 6.92 Å². The lowest BCUT2D eigenvalue weighted by molar-refractivity contribution is -0.196. The SMILES string of the molecule is Cc1c(F)c(N)cc(-c2nc3c4c(nc(OCC5(CN(C)C)CC5(F)F)nc4c2F)NCCNCCC(C(F)(F)F)O3)c1C(F)(F)F. The second-order valence-corrected chi connectivity index (χ2v) is 11.8. The molecule has 1 aliphatic carbocycles. The highest BCUT2D eigenvalue weighted by Gasteiger charge is 2.71. The number of aromatic nitrogens is 3. The van der Waals surface area contributed by atoms with Gasteiger partial charge in [0, 0.05) is 38.0 Å². The molecule has 3 heterocycles. The zero-order valence-electron chi connectivity index (χ0n) is 25.1. The molecule has 258 valence electrons. The normalized spacial score (nSPS) is 21.6. The Morgan fingerprint density at radius 3 is 2.32 bits per heavy atom. The van der Waals surface area contributed by atoms with E-state index in [-0.39, 0.29) is 26.2 Å². The van der Waals surface area contributed by atoms with Crippen LogP contribution in [0.25, 0.3) is 22.2 Å². The number of nitrogen functional groups attached to an aromatic ring is 1. The van der Waals surface area contributed by atoms with E-state index < -0.39 is 118 Å². The fourth-order valence-electron chi connectivity index (χ4n) is 5.56. The summed E-state index contributed by atoms with van der Waals surface area (Å²) >= 11 is 0. The number of nitrogens with two attached hydrogens (primary N) is 1. The van der Waals surface area contributed by atoms with Crippen molar-refractivity contribution in [3.63, 3.8) is 0 Å². The molecule has 1 aliphatic heterocycles. The van der Waals surface area contributed by atoms with E-state index in [1.807, 2.05) is 0 Å². The first kappa shape index (κ1) is 34.5. The van der Waals surface area contributed by atoms with Crippen LogP contribution in [-0.2, 0) is 6.18 Å². The smallest absolute Gasteiger partial charge is 0.425 e. The molecule has 2 aliphatic rings. The minimum absolute atomic E-state index is 0.0143. The molecule has 47 heavy (non-hydrogen) atoms. The van der Waals surface area contributed by atoms with E-state index in [0.29, 0.717) is 6.07 Å². The third kappa shape index (κ3) is 6.63. The highest BCUT2D eigenvalue weighted by molar-refractivity contribution is 5.96. The fourth-order valence-corrected chi connectivity index (χ4v) is 5.56. The van der Waals surface area contributed by atoms with Gasteiger partial charge in [0.2, 0.25) is 5.88 Å². The quantitative estimate of drug-likeness (QED) is 0.227. The second-order valence-electron chi connectivity index (χ2n) is 11.8. The van der Waals surface area contributed by atoms with E-state index in [2.05, 4.69) is 25.6 Å². The Bertz CT molecular complexity index is 1680. The summed E-state index contributed by atoms with van der Waals surface area (Å²) in [7, 11) is 3.12. The summed E-state index contributed by atoms with van der Waals surface area (Å²) in [6.07, 6.45) is -14.1. The summed E-state index contributed by atoms with van der Waals surface area (Å²) in [6.45, 7) is -0.182. The summed E-state index contributed by atoms with van der Waals surface area (Å²) in [5.74, 6) is -7.57. The van der Waals surface area contributed by atoms with E-state index >= 15 is 4.39 Å². The first-order valence-corrected chi connectivity index (χ1v) is 14.2. The maximum Gasteiger partial charge on any atom is 0.425 e. The molecule has 5 rings (SSSR count). The molecule has 1 saturated carbocycles. The number of ether oxygens (including phenoxy) is 2. The van der Waals surface area contributed by atoms with E-state index in [4.69, 9.17) is 15.2 Å². The average Bonchev–Trinajstić information content (AvgIpc) is 3.50. The molecule has 1 fully saturated rings. The predicted octanol–water partition coefficient (Wildman–Crippen LogP) is 5.56. The molecule has 9 nitrogen and oxygen atoms in total. The van der Waals surface area contributed by atoms with Crippen molar-refractivity contribution >= 4 is 22.4 Å². The minimum atomic E-state index is -5.31. The van der Waals surface area contributed by atoms with Gasteiger partial charge in [-0.2, -0.15) is 36.3 Å². The van der Waals surface area contributed by atoms with E-state index in [9.17, 15) is 39.5 Å². The monoisotopic (exact) mass is 685 g/mol. The predicted molar refractivity (Wildman–Crippen MR) is 149 cm³/mol. The van der Waals surface area contributed by atoms with Gasteiger partial charge in [-0.1, -0.05) is 0 Å². The number of nitrogens with zero attached hydrogens (tertiary/aromatic N) is 4. The van der Waals surface area contributed by atoms with Crippen molar-refractivity contribution in [1.29, 1.82) is 0 Å². The van der Waals surface area contributed by atoms with Crippen LogP contribution in [0.15, 0.2) is 6.07 Å². The van der Waals surface area contributed by atoms with Gasteiger partial charge in [-0.25, -0.2) is 22.5 Å². The average molecular weight is 686 g/mol. The van der Waals surface area contributed by atoms with Gasteiger partial charge in [-0.05, 0) is 39.2 Å². The van der Waals surface area contributed by atoms with Crippen LogP contribution in [-0.4, -0.2) is 84.9 Å². The van der Waals surface area contributed by atoms with Crippen molar-refractivity contribution in [1.82, 2.24) is 25.2 Å². The number of halogens is 10. The van der Waals surface area contributed by atoms with Crippen molar-refractivity contribution in [3.05, 3.63) is 28.8 Å². The second kappa shape index (κ2) is 12.0. The van der Waals surface area contributed by atoms with Gasteiger partial charge in [-0.15, -0.1) is 0 Å². The molecule has 1 aromatic carbocycles. The number of anilines is 2. The van der Waals surface area contributed by atoms with Gasteiger partial charge in [-0.3, -0.25) is 0 Å². The highest BCUT2D eigenvalue weighted by Crippen LogP contribution is 2.60. The van der Waals surface area contributed by atoms with Crippen LogP contribution in [0.5, 0.6) is 11.9 Å². The van der Waals surface area contributed by atoms with Crippen molar-refractivity contribution in [2.75, 3.05) is 57.9 Å². The highest BCUT2D eigenvalue weighted by atomic mass is 19.4. The molecule has 0 saturated heterocycles. The Morgan fingerprint density at radius 2 is 1.72 bits per heavy atom. The zero-order valence-corrected chi connectivity index (χ0v) is 25.1. The molecular weight excluding hydrogens is 656 g/mol. The number of hydrogen-bond donors (Lipinski definition) is 3. The molecule has 2 atom stereocenters. The number of nitrogens with one attached hydrogen (secondary N) is 2. The van der Waals surface area contributed by atoms with Crippen LogP contribution >= 0.6 is 0 Å². The number of rotatable bonds is 6. The van der Waals surface area contributed by atoms with Crippen molar-refractivity contribution in [2.24, 2.45) is 5.41 Å². The summed E-state index contributed by atoms with van der Waals surface area (Å²) < 4.78 is 155. The number of pyridine rings is 1. The van der Waals surface area contributed by atoms with Gasteiger partial charge in [0.15, 0.2) is 11.9 Å². The fraction of sp³-hybridized carbons (Fsp3) is 0.536. The largest absolute Gasteiger partial charge is 0.464 e. The lowest BCUT2D eigenvalue weighted by Gasteiger charge is -2.24. The summed E-state index contributed by atoms with van der Waals surface area (Å²) in [6, 6.07) is -0.257. The number of benzene rings is 1. The summed E-state index contributed by atoms with van der Waals surface area (Å²) in [5, 5.41) is 4.93. The van der Waals surface area contributed by atoms with Crippen LogP contribution in [0.4, 0.5) is 55.4 Å². The van der Waals surface area contributed by atoms with Crippen molar-refractivity contribution in [2.45, 2.75) is 44.1 Å². The molecule has 4 N–H and O–H groups in total. The third-order valence-corrected chi connectivity index (χ3v) is 7.90. The topological polar surface area (TPSA) is 110 Å².